The zero-order valence-corrected chi connectivity index (χ0v) is 13.8. The Hall–Kier alpha value is -1.27. The molecule has 5 nitrogen and oxygen atoms in total. The fraction of sp³-hybridized carbons (Fsp3) is 0.500. The third kappa shape index (κ3) is 5.93. The van der Waals surface area contributed by atoms with Crippen LogP contribution in [0.3, 0.4) is 0 Å². The molecule has 0 aliphatic rings. The molecule has 0 spiro atoms. The number of hydrogen-bond donors (Lipinski definition) is 1. The summed E-state index contributed by atoms with van der Waals surface area (Å²) >= 11 is 0. The van der Waals surface area contributed by atoms with Gasteiger partial charge in [-0.3, -0.25) is 4.79 Å². The number of carbonyl (C=O) groups excluding carboxylic acids is 1. The molecule has 1 aromatic rings. The first-order valence-electron chi connectivity index (χ1n) is 6.76. The standard InChI is InChI=1S/C14H20ClNO4S/c1-3-4-5-6-14(17)16-10-11-7-8-12(20-2)13(9-11)21(15,18)19/h7-9H,3-6,10H2,1-2H3,(H,16,17). The van der Waals surface area contributed by atoms with Crippen LogP contribution in [0.25, 0.3) is 0 Å². The van der Waals surface area contributed by atoms with Crippen molar-refractivity contribution in [3.63, 3.8) is 0 Å². The molecule has 0 saturated carbocycles. The van der Waals surface area contributed by atoms with Crippen molar-refractivity contribution in [2.75, 3.05) is 7.11 Å². The Bertz CT molecular complexity index is 587. The van der Waals surface area contributed by atoms with Crippen LogP contribution in [0.2, 0.25) is 0 Å². The second-order valence-electron chi connectivity index (χ2n) is 4.66. The molecule has 0 heterocycles. The highest BCUT2D eigenvalue weighted by Gasteiger charge is 2.17. The van der Waals surface area contributed by atoms with E-state index in [0.717, 1.165) is 19.3 Å². The van der Waals surface area contributed by atoms with Crippen molar-refractivity contribution in [3.05, 3.63) is 23.8 Å². The molecule has 0 aromatic heterocycles. The first-order valence-corrected chi connectivity index (χ1v) is 9.07. The van der Waals surface area contributed by atoms with Gasteiger partial charge in [0.1, 0.15) is 10.6 Å². The number of amides is 1. The summed E-state index contributed by atoms with van der Waals surface area (Å²) in [4.78, 5) is 11.5. The van der Waals surface area contributed by atoms with Crippen molar-refractivity contribution in [2.45, 2.75) is 44.0 Å². The molecule has 1 amide bonds. The van der Waals surface area contributed by atoms with Crippen molar-refractivity contribution < 1.29 is 17.9 Å². The van der Waals surface area contributed by atoms with Crippen LogP contribution < -0.4 is 10.1 Å². The average molecular weight is 334 g/mol. The fourth-order valence-corrected chi connectivity index (χ4v) is 2.89. The largest absolute Gasteiger partial charge is 0.495 e. The summed E-state index contributed by atoms with van der Waals surface area (Å²) in [6.07, 6.45) is 3.41. The Morgan fingerprint density at radius 3 is 2.62 bits per heavy atom. The van der Waals surface area contributed by atoms with Gasteiger partial charge in [0.15, 0.2) is 0 Å². The van der Waals surface area contributed by atoms with E-state index in [9.17, 15) is 13.2 Å². The lowest BCUT2D eigenvalue weighted by atomic mass is 10.2. The minimum atomic E-state index is -3.89. The number of halogens is 1. The summed E-state index contributed by atoms with van der Waals surface area (Å²) < 4.78 is 27.9. The van der Waals surface area contributed by atoms with E-state index in [1.807, 2.05) is 0 Å². The zero-order valence-electron chi connectivity index (χ0n) is 12.2. The highest BCUT2D eigenvalue weighted by Crippen LogP contribution is 2.27. The monoisotopic (exact) mass is 333 g/mol. The average Bonchev–Trinajstić information content (AvgIpc) is 2.44. The van der Waals surface area contributed by atoms with Crippen molar-refractivity contribution in [2.24, 2.45) is 0 Å². The van der Waals surface area contributed by atoms with Gasteiger partial charge in [0, 0.05) is 23.6 Å². The van der Waals surface area contributed by atoms with E-state index in [-0.39, 0.29) is 23.1 Å². The maximum atomic E-state index is 11.6. The Morgan fingerprint density at radius 2 is 2.05 bits per heavy atom. The summed E-state index contributed by atoms with van der Waals surface area (Å²) in [5.74, 6) is 0.137. The van der Waals surface area contributed by atoms with Gasteiger partial charge in [-0.15, -0.1) is 0 Å². The first-order chi connectivity index (χ1) is 9.88. The van der Waals surface area contributed by atoms with E-state index in [2.05, 4.69) is 12.2 Å². The van der Waals surface area contributed by atoms with E-state index in [1.54, 1.807) is 6.07 Å². The van der Waals surface area contributed by atoms with Crippen molar-refractivity contribution >= 4 is 25.6 Å². The smallest absolute Gasteiger partial charge is 0.264 e. The maximum Gasteiger partial charge on any atom is 0.264 e. The van der Waals surface area contributed by atoms with Crippen LogP contribution >= 0.6 is 10.7 Å². The van der Waals surface area contributed by atoms with Crippen LogP contribution in [0.1, 0.15) is 38.2 Å². The molecule has 7 heteroatoms. The molecule has 21 heavy (non-hydrogen) atoms. The maximum absolute atomic E-state index is 11.6. The number of benzene rings is 1. The van der Waals surface area contributed by atoms with Gasteiger partial charge in [0.05, 0.1) is 7.11 Å². The molecule has 0 radical (unpaired) electrons. The highest BCUT2D eigenvalue weighted by atomic mass is 35.7. The lowest BCUT2D eigenvalue weighted by molar-refractivity contribution is -0.121. The Labute approximate surface area is 130 Å². The molecule has 0 bridgehead atoms. The van der Waals surface area contributed by atoms with Crippen LogP contribution in [0, 0.1) is 0 Å². The van der Waals surface area contributed by atoms with Gasteiger partial charge < -0.3 is 10.1 Å². The van der Waals surface area contributed by atoms with E-state index in [1.165, 1.54) is 19.2 Å². The number of carbonyl (C=O) groups is 1. The number of ether oxygens (including phenoxy) is 1. The van der Waals surface area contributed by atoms with Crippen LogP contribution in [-0.4, -0.2) is 21.4 Å². The van der Waals surface area contributed by atoms with Crippen LogP contribution in [0.5, 0.6) is 5.75 Å². The summed E-state index contributed by atoms with van der Waals surface area (Å²) in [7, 11) is 2.85. The summed E-state index contributed by atoms with van der Waals surface area (Å²) in [5.41, 5.74) is 0.652. The summed E-state index contributed by atoms with van der Waals surface area (Å²) in [6.45, 7) is 2.33. The molecular formula is C14H20ClNO4S. The van der Waals surface area contributed by atoms with E-state index >= 15 is 0 Å². The van der Waals surface area contributed by atoms with Gasteiger partial charge in [0.2, 0.25) is 5.91 Å². The number of hydrogen-bond acceptors (Lipinski definition) is 4. The lowest BCUT2D eigenvalue weighted by Crippen LogP contribution is -2.22. The molecule has 1 rings (SSSR count). The molecule has 1 aromatic carbocycles. The number of unbranched alkanes of at least 4 members (excludes halogenated alkanes) is 2. The topological polar surface area (TPSA) is 72.5 Å². The lowest BCUT2D eigenvalue weighted by Gasteiger charge is -2.09. The SMILES string of the molecule is CCCCCC(=O)NCc1ccc(OC)c(S(=O)(=O)Cl)c1. The van der Waals surface area contributed by atoms with Crippen LogP contribution in [0.4, 0.5) is 0 Å². The van der Waals surface area contributed by atoms with Crippen LogP contribution in [-0.2, 0) is 20.4 Å². The molecule has 0 saturated heterocycles. The zero-order chi connectivity index (χ0) is 15.9. The predicted molar refractivity (Wildman–Crippen MR) is 82.0 cm³/mol. The second kappa shape index (κ2) is 8.24. The Kier molecular flexibility index (Phi) is 6.98. The third-order valence-corrected chi connectivity index (χ3v) is 4.33. The normalized spacial score (nSPS) is 11.2. The summed E-state index contributed by atoms with van der Waals surface area (Å²) in [6, 6.07) is 4.62. The molecule has 0 aliphatic carbocycles. The van der Waals surface area contributed by atoms with E-state index < -0.39 is 9.05 Å². The highest BCUT2D eigenvalue weighted by molar-refractivity contribution is 8.13. The van der Waals surface area contributed by atoms with Gasteiger partial charge >= 0.3 is 0 Å². The third-order valence-electron chi connectivity index (χ3n) is 2.99. The van der Waals surface area contributed by atoms with Gasteiger partial charge in [-0.05, 0) is 24.1 Å². The van der Waals surface area contributed by atoms with Gasteiger partial charge in [0.25, 0.3) is 9.05 Å². The number of rotatable bonds is 8. The Balaban J connectivity index is 2.71. The predicted octanol–water partition coefficient (Wildman–Crippen LogP) is 2.82. The molecular weight excluding hydrogens is 314 g/mol. The minimum Gasteiger partial charge on any atom is -0.495 e. The molecule has 0 aliphatic heterocycles. The van der Waals surface area contributed by atoms with Gasteiger partial charge in [-0.2, -0.15) is 0 Å². The first kappa shape index (κ1) is 17.8. The second-order valence-corrected chi connectivity index (χ2v) is 7.19. The van der Waals surface area contributed by atoms with Crippen molar-refractivity contribution in [1.29, 1.82) is 0 Å². The minimum absolute atomic E-state index is 0.0467. The van der Waals surface area contributed by atoms with E-state index in [0.29, 0.717) is 12.0 Å². The van der Waals surface area contributed by atoms with Gasteiger partial charge in [-0.25, -0.2) is 8.42 Å². The molecule has 0 unspecified atom stereocenters. The molecule has 118 valence electrons. The summed E-state index contributed by atoms with van der Waals surface area (Å²) in [5, 5.41) is 2.76. The van der Waals surface area contributed by atoms with Gasteiger partial charge in [-0.1, -0.05) is 25.8 Å². The molecule has 0 atom stereocenters. The number of nitrogens with one attached hydrogen (secondary N) is 1. The quantitative estimate of drug-likeness (QED) is 0.586. The van der Waals surface area contributed by atoms with Crippen molar-refractivity contribution in [3.8, 4) is 5.75 Å². The van der Waals surface area contributed by atoms with E-state index in [4.69, 9.17) is 15.4 Å². The number of methoxy groups -OCH3 is 1. The Morgan fingerprint density at radius 1 is 1.33 bits per heavy atom. The van der Waals surface area contributed by atoms with Crippen molar-refractivity contribution in [1.82, 2.24) is 5.32 Å². The van der Waals surface area contributed by atoms with Crippen LogP contribution in [0.15, 0.2) is 23.1 Å². The molecule has 1 N–H and O–H groups in total. The molecule has 0 fully saturated rings. The fourth-order valence-electron chi connectivity index (χ4n) is 1.85.